The molecule has 2 N–H and O–H groups in total. The zero-order chi connectivity index (χ0) is 14.8. The lowest BCUT2D eigenvalue weighted by molar-refractivity contribution is -0.138. The third-order valence-electron chi connectivity index (χ3n) is 4.02. The van der Waals surface area contributed by atoms with Crippen molar-refractivity contribution < 1.29 is 19.4 Å². The highest BCUT2D eigenvalue weighted by atomic mass is 16.5. The summed E-state index contributed by atoms with van der Waals surface area (Å²) in [6, 6.07) is 6.89. The van der Waals surface area contributed by atoms with Crippen molar-refractivity contribution in [1.29, 1.82) is 0 Å². The zero-order valence-corrected chi connectivity index (χ0v) is 11.6. The summed E-state index contributed by atoms with van der Waals surface area (Å²) in [6.07, 6.45) is 2.05. The molecule has 3 rings (SSSR count). The molecule has 2 amide bonds. The number of hydrogen-bond donors (Lipinski definition) is 2. The normalized spacial score (nSPS) is 23.9. The first-order chi connectivity index (χ1) is 10.2. The topological polar surface area (TPSA) is 78.9 Å². The van der Waals surface area contributed by atoms with Crippen molar-refractivity contribution in [3.05, 3.63) is 29.8 Å². The molecule has 2 heterocycles. The number of ether oxygens (including phenoxy) is 1. The summed E-state index contributed by atoms with van der Waals surface area (Å²) in [7, 11) is 0. The average Bonchev–Trinajstić information content (AvgIpc) is 3.12. The van der Waals surface area contributed by atoms with Gasteiger partial charge >= 0.3 is 12.0 Å². The van der Waals surface area contributed by atoms with Gasteiger partial charge < -0.3 is 15.2 Å². The molecule has 0 bridgehead atoms. The number of urea groups is 1. The fourth-order valence-corrected chi connectivity index (χ4v) is 2.91. The Morgan fingerprint density at radius 2 is 2.19 bits per heavy atom. The van der Waals surface area contributed by atoms with Crippen LogP contribution in [0, 0.1) is 0 Å². The minimum absolute atomic E-state index is 0.0714. The summed E-state index contributed by atoms with van der Waals surface area (Å²) in [5.74, 6) is -1.56. The number of carboxylic acid groups (broad SMARTS) is 1. The molecule has 0 aromatic heterocycles. The van der Waals surface area contributed by atoms with E-state index in [0.29, 0.717) is 17.8 Å². The van der Waals surface area contributed by atoms with Crippen LogP contribution >= 0.6 is 0 Å². The number of anilines is 1. The van der Waals surface area contributed by atoms with Crippen LogP contribution in [0.3, 0.4) is 0 Å². The van der Waals surface area contributed by atoms with Crippen molar-refractivity contribution in [3.8, 4) is 0 Å². The second-order valence-corrected chi connectivity index (χ2v) is 5.38. The number of hydrogen-bond acceptors (Lipinski definition) is 3. The molecule has 112 valence electrons. The van der Waals surface area contributed by atoms with E-state index in [2.05, 4.69) is 5.32 Å². The van der Waals surface area contributed by atoms with Crippen molar-refractivity contribution in [1.82, 2.24) is 5.32 Å². The van der Waals surface area contributed by atoms with Gasteiger partial charge in [-0.1, -0.05) is 18.2 Å². The molecule has 0 aliphatic carbocycles. The summed E-state index contributed by atoms with van der Waals surface area (Å²) < 4.78 is 5.47. The van der Waals surface area contributed by atoms with Gasteiger partial charge in [0.1, 0.15) is 5.92 Å². The monoisotopic (exact) mass is 290 g/mol. The van der Waals surface area contributed by atoms with Crippen LogP contribution in [0.15, 0.2) is 24.3 Å². The number of amides is 2. The molecule has 1 saturated heterocycles. The Kier molecular flexibility index (Phi) is 3.79. The number of rotatable bonds is 3. The van der Waals surface area contributed by atoms with E-state index in [9.17, 15) is 14.7 Å². The zero-order valence-electron chi connectivity index (χ0n) is 11.6. The van der Waals surface area contributed by atoms with E-state index in [4.69, 9.17) is 4.74 Å². The van der Waals surface area contributed by atoms with Gasteiger partial charge in [0.05, 0.1) is 6.10 Å². The van der Waals surface area contributed by atoms with E-state index in [1.807, 2.05) is 6.07 Å². The van der Waals surface area contributed by atoms with Crippen LogP contribution in [-0.2, 0) is 9.53 Å². The van der Waals surface area contributed by atoms with Crippen molar-refractivity contribution in [2.45, 2.75) is 24.9 Å². The predicted molar refractivity (Wildman–Crippen MR) is 76.5 cm³/mol. The maximum absolute atomic E-state index is 12.3. The second kappa shape index (κ2) is 5.73. The van der Waals surface area contributed by atoms with E-state index in [-0.39, 0.29) is 18.7 Å². The van der Waals surface area contributed by atoms with Gasteiger partial charge in [-0.2, -0.15) is 0 Å². The highest BCUT2D eigenvalue weighted by Crippen LogP contribution is 2.36. The third-order valence-corrected chi connectivity index (χ3v) is 4.02. The van der Waals surface area contributed by atoms with E-state index in [1.54, 1.807) is 18.2 Å². The molecule has 1 aromatic carbocycles. The maximum Gasteiger partial charge on any atom is 0.322 e. The van der Waals surface area contributed by atoms with Gasteiger partial charge in [0.15, 0.2) is 0 Å². The largest absolute Gasteiger partial charge is 0.481 e. The van der Waals surface area contributed by atoms with Crippen LogP contribution in [0.2, 0.25) is 0 Å². The lowest BCUT2D eigenvalue weighted by Crippen LogP contribution is -2.42. The second-order valence-electron chi connectivity index (χ2n) is 5.38. The summed E-state index contributed by atoms with van der Waals surface area (Å²) in [4.78, 5) is 25.1. The minimum Gasteiger partial charge on any atom is -0.481 e. The number of carboxylic acids is 1. The molecule has 0 spiro atoms. The first kappa shape index (κ1) is 13.9. The SMILES string of the molecule is O=C(O)C1CN(C(=O)NCC2CCCO2)c2ccccc21. The lowest BCUT2D eigenvalue weighted by atomic mass is 10.0. The quantitative estimate of drug-likeness (QED) is 0.885. The Bertz CT molecular complexity index is 554. The summed E-state index contributed by atoms with van der Waals surface area (Å²) >= 11 is 0. The molecule has 1 aromatic rings. The molecular formula is C15H18N2O4. The van der Waals surface area contributed by atoms with Crippen LogP contribution in [0.4, 0.5) is 10.5 Å². The lowest BCUT2D eigenvalue weighted by Gasteiger charge is -2.19. The van der Waals surface area contributed by atoms with Gasteiger partial charge in [-0.15, -0.1) is 0 Å². The number of nitrogens with zero attached hydrogens (tertiary/aromatic N) is 1. The first-order valence-electron chi connectivity index (χ1n) is 7.15. The van der Waals surface area contributed by atoms with Crippen LogP contribution in [0.25, 0.3) is 0 Å². The summed E-state index contributed by atoms with van der Waals surface area (Å²) in [6.45, 7) is 1.38. The van der Waals surface area contributed by atoms with E-state index >= 15 is 0 Å². The Morgan fingerprint density at radius 1 is 1.38 bits per heavy atom. The minimum atomic E-state index is -0.906. The van der Waals surface area contributed by atoms with E-state index in [1.165, 1.54) is 4.90 Å². The van der Waals surface area contributed by atoms with Gasteiger partial charge in [0, 0.05) is 25.4 Å². The van der Waals surface area contributed by atoms with Crippen LogP contribution in [0.1, 0.15) is 24.3 Å². The number of nitrogens with one attached hydrogen (secondary N) is 1. The molecule has 2 aliphatic heterocycles. The number of para-hydroxylation sites is 1. The highest BCUT2D eigenvalue weighted by Gasteiger charge is 2.36. The maximum atomic E-state index is 12.3. The van der Waals surface area contributed by atoms with Gasteiger partial charge in [-0.05, 0) is 24.5 Å². The van der Waals surface area contributed by atoms with Gasteiger partial charge in [-0.25, -0.2) is 4.79 Å². The molecule has 6 heteroatoms. The molecule has 0 radical (unpaired) electrons. The fraction of sp³-hybridized carbons (Fsp3) is 0.467. The Balaban J connectivity index is 1.70. The smallest absolute Gasteiger partial charge is 0.322 e. The molecule has 21 heavy (non-hydrogen) atoms. The molecule has 2 unspecified atom stereocenters. The van der Waals surface area contributed by atoms with E-state index in [0.717, 1.165) is 19.4 Å². The molecule has 6 nitrogen and oxygen atoms in total. The van der Waals surface area contributed by atoms with E-state index < -0.39 is 11.9 Å². The Labute approximate surface area is 122 Å². The van der Waals surface area contributed by atoms with Crippen molar-refractivity contribution in [2.75, 3.05) is 24.6 Å². The first-order valence-corrected chi connectivity index (χ1v) is 7.15. The summed E-state index contributed by atoms with van der Waals surface area (Å²) in [5.41, 5.74) is 1.37. The molecule has 1 fully saturated rings. The standard InChI is InChI=1S/C15H18N2O4/c18-14(19)12-9-17(13-6-2-1-5-11(12)13)15(20)16-8-10-4-3-7-21-10/h1-2,5-6,10,12H,3-4,7-9H2,(H,16,20)(H,18,19). The highest BCUT2D eigenvalue weighted by molar-refractivity contribution is 5.98. The van der Waals surface area contributed by atoms with Crippen LogP contribution < -0.4 is 10.2 Å². The summed E-state index contributed by atoms with van der Waals surface area (Å²) in [5, 5.41) is 12.1. The Hall–Kier alpha value is -2.08. The number of carbonyl (C=O) groups excluding carboxylic acids is 1. The van der Waals surface area contributed by atoms with Crippen LogP contribution in [-0.4, -0.2) is 42.9 Å². The molecule has 2 atom stereocenters. The number of aliphatic carboxylic acids is 1. The van der Waals surface area contributed by atoms with Crippen LogP contribution in [0.5, 0.6) is 0 Å². The third kappa shape index (κ3) is 2.71. The molecule has 0 saturated carbocycles. The average molecular weight is 290 g/mol. The fourth-order valence-electron chi connectivity index (χ4n) is 2.91. The molecular weight excluding hydrogens is 272 g/mol. The van der Waals surface area contributed by atoms with Crippen molar-refractivity contribution in [2.24, 2.45) is 0 Å². The van der Waals surface area contributed by atoms with Gasteiger partial charge in [-0.3, -0.25) is 9.69 Å². The predicted octanol–water partition coefficient (Wildman–Crippen LogP) is 1.56. The number of carbonyl (C=O) groups is 2. The Morgan fingerprint density at radius 3 is 2.90 bits per heavy atom. The number of fused-ring (bicyclic) bond motifs is 1. The number of benzene rings is 1. The van der Waals surface area contributed by atoms with Gasteiger partial charge in [0.2, 0.25) is 0 Å². The molecule has 2 aliphatic rings. The van der Waals surface area contributed by atoms with Gasteiger partial charge in [0.25, 0.3) is 0 Å². The van der Waals surface area contributed by atoms with Crippen molar-refractivity contribution in [3.63, 3.8) is 0 Å². The van der Waals surface area contributed by atoms with Crippen molar-refractivity contribution >= 4 is 17.7 Å².